The Hall–Kier alpha value is -6.78. The smallest absolute Gasteiger partial charge is 0.165 e. The third kappa shape index (κ3) is 4.41. The van der Waals surface area contributed by atoms with Gasteiger partial charge in [0.1, 0.15) is 0 Å². The maximum absolute atomic E-state index is 5.34. The standard InChI is InChI=1S/C48H30N4/c1-3-16-35-31(10-1)26-32-11-2-4-17-36(32)45(35)40-23-24-41(38-19-6-5-18-37(38)40)47-50-46(34-15-9-25-49-28-34)51-48(52-47)42-27-33-14-7-12-29-21-22-30-13-8-20-39(42)44(30)43(29)33/h1-12,14-28,43H,13H2. The largest absolute Gasteiger partial charge is 0.264 e. The zero-order valence-corrected chi connectivity index (χ0v) is 28.2. The van der Waals surface area contributed by atoms with Crippen LogP contribution in [0.5, 0.6) is 0 Å². The summed E-state index contributed by atoms with van der Waals surface area (Å²) >= 11 is 0. The van der Waals surface area contributed by atoms with Crippen LogP contribution in [-0.2, 0) is 0 Å². The highest BCUT2D eigenvalue weighted by Crippen LogP contribution is 2.50. The Morgan fingerprint density at radius 1 is 0.577 bits per heavy atom. The van der Waals surface area contributed by atoms with Crippen molar-refractivity contribution in [2.24, 2.45) is 5.92 Å². The van der Waals surface area contributed by atoms with Gasteiger partial charge in [0.05, 0.1) is 0 Å². The average Bonchev–Trinajstić information content (AvgIpc) is 3.21. The van der Waals surface area contributed by atoms with Gasteiger partial charge < -0.3 is 0 Å². The Balaban J connectivity index is 1.16. The lowest BCUT2D eigenvalue weighted by molar-refractivity contribution is 0.832. The van der Waals surface area contributed by atoms with E-state index in [1.165, 1.54) is 60.5 Å². The van der Waals surface area contributed by atoms with Crippen molar-refractivity contribution in [3.63, 3.8) is 0 Å². The summed E-state index contributed by atoms with van der Waals surface area (Å²) < 4.78 is 0. The highest BCUT2D eigenvalue weighted by molar-refractivity contribution is 6.18. The SMILES string of the molecule is C1=CC2=CC=C3CC=CC4=C3C2C(=C1)C=C4c1nc(-c2cccnc2)nc(-c2ccc(-c3c4ccccc4cc4ccccc34)c3ccccc23)n1. The fraction of sp³-hybridized carbons (Fsp3) is 0.0417. The molecule has 0 fully saturated rings. The van der Waals surface area contributed by atoms with Gasteiger partial charge in [-0.3, -0.25) is 4.98 Å². The van der Waals surface area contributed by atoms with Gasteiger partial charge in [0.15, 0.2) is 17.5 Å². The summed E-state index contributed by atoms with van der Waals surface area (Å²) in [6.07, 6.45) is 22.5. The Kier molecular flexibility index (Phi) is 6.34. The lowest BCUT2D eigenvalue weighted by atomic mass is 9.67. The second-order valence-electron chi connectivity index (χ2n) is 13.8. The zero-order chi connectivity index (χ0) is 34.2. The van der Waals surface area contributed by atoms with Crippen LogP contribution < -0.4 is 0 Å². The second-order valence-corrected chi connectivity index (χ2v) is 13.8. The molecular weight excluding hydrogens is 633 g/mol. The van der Waals surface area contributed by atoms with Gasteiger partial charge in [-0.2, -0.15) is 0 Å². The third-order valence-corrected chi connectivity index (χ3v) is 10.9. The molecular formula is C48H30N4. The molecule has 0 N–H and O–H groups in total. The van der Waals surface area contributed by atoms with E-state index < -0.39 is 0 Å². The van der Waals surface area contributed by atoms with Crippen LogP contribution in [0, 0.1) is 5.92 Å². The van der Waals surface area contributed by atoms with E-state index in [4.69, 9.17) is 15.0 Å². The number of pyridine rings is 1. The molecule has 1 unspecified atom stereocenters. The normalized spacial score (nSPS) is 17.2. The molecule has 4 aliphatic carbocycles. The first-order valence-corrected chi connectivity index (χ1v) is 17.8. The van der Waals surface area contributed by atoms with E-state index >= 15 is 0 Å². The van der Waals surface area contributed by atoms with Gasteiger partial charge in [0, 0.05) is 35.0 Å². The lowest BCUT2D eigenvalue weighted by Crippen LogP contribution is -2.22. The minimum atomic E-state index is 0.245. The van der Waals surface area contributed by atoms with E-state index in [-0.39, 0.29) is 5.92 Å². The van der Waals surface area contributed by atoms with Crippen LogP contribution >= 0.6 is 0 Å². The molecule has 5 aromatic carbocycles. The number of hydrogen-bond acceptors (Lipinski definition) is 4. The number of benzene rings is 5. The molecule has 2 aromatic heterocycles. The lowest BCUT2D eigenvalue weighted by Gasteiger charge is -2.36. The Labute approximate surface area is 301 Å². The summed E-state index contributed by atoms with van der Waals surface area (Å²) in [5, 5.41) is 7.17. The first kappa shape index (κ1) is 29.0. The van der Waals surface area contributed by atoms with Crippen molar-refractivity contribution in [1.29, 1.82) is 0 Å². The molecule has 0 saturated heterocycles. The van der Waals surface area contributed by atoms with Crippen molar-refractivity contribution < 1.29 is 0 Å². The number of allylic oxidation sites excluding steroid dienone is 14. The van der Waals surface area contributed by atoms with Gasteiger partial charge in [0.2, 0.25) is 0 Å². The summed E-state index contributed by atoms with van der Waals surface area (Å²) in [5.41, 5.74) is 11.8. The average molecular weight is 663 g/mol. The van der Waals surface area contributed by atoms with E-state index in [2.05, 4.69) is 145 Å². The molecule has 0 radical (unpaired) electrons. The van der Waals surface area contributed by atoms with Crippen LogP contribution in [0.3, 0.4) is 0 Å². The van der Waals surface area contributed by atoms with Crippen LogP contribution in [0.25, 0.3) is 71.8 Å². The predicted octanol–water partition coefficient (Wildman–Crippen LogP) is 11.4. The summed E-state index contributed by atoms with van der Waals surface area (Å²) in [7, 11) is 0. The first-order chi connectivity index (χ1) is 25.8. The highest BCUT2D eigenvalue weighted by Gasteiger charge is 2.35. The molecule has 7 aromatic rings. The summed E-state index contributed by atoms with van der Waals surface area (Å²) in [5.74, 6) is 2.15. The van der Waals surface area contributed by atoms with Gasteiger partial charge >= 0.3 is 0 Å². The van der Waals surface area contributed by atoms with Crippen molar-refractivity contribution in [2.45, 2.75) is 6.42 Å². The monoisotopic (exact) mass is 662 g/mol. The summed E-state index contributed by atoms with van der Waals surface area (Å²) in [4.78, 5) is 20.1. The molecule has 2 heterocycles. The number of fused-ring (bicyclic) bond motifs is 3. The highest BCUT2D eigenvalue weighted by atomic mass is 15.0. The van der Waals surface area contributed by atoms with Crippen LogP contribution in [-0.4, -0.2) is 19.9 Å². The molecule has 0 saturated carbocycles. The first-order valence-electron chi connectivity index (χ1n) is 17.8. The quantitative estimate of drug-likeness (QED) is 0.176. The van der Waals surface area contributed by atoms with Crippen molar-refractivity contribution in [3.05, 3.63) is 198 Å². The van der Waals surface area contributed by atoms with Crippen LogP contribution in [0.15, 0.2) is 192 Å². The van der Waals surface area contributed by atoms with Crippen LogP contribution in [0.4, 0.5) is 0 Å². The molecule has 0 aliphatic heterocycles. The minimum Gasteiger partial charge on any atom is -0.264 e. The predicted molar refractivity (Wildman–Crippen MR) is 212 cm³/mol. The van der Waals surface area contributed by atoms with E-state index in [9.17, 15) is 0 Å². The van der Waals surface area contributed by atoms with E-state index in [1.54, 1.807) is 6.20 Å². The topological polar surface area (TPSA) is 51.6 Å². The fourth-order valence-electron chi connectivity index (χ4n) is 8.56. The Bertz CT molecular complexity index is 2860. The van der Waals surface area contributed by atoms with E-state index in [1.807, 2.05) is 18.3 Å². The fourth-order valence-corrected chi connectivity index (χ4v) is 8.56. The van der Waals surface area contributed by atoms with Crippen molar-refractivity contribution in [2.75, 3.05) is 0 Å². The number of nitrogens with zero attached hydrogens (tertiary/aromatic N) is 4. The molecule has 11 rings (SSSR count). The summed E-state index contributed by atoms with van der Waals surface area (Å²) in [6, 6.07) is 36.7. The second kappa shape index (κ2) is 11.4. The molecule has 4 nitrogen and oxygen atoms in total. The molecule has 4 aliphatic rings. The van der Waals surface area contributed by atoms with Gasteiger partial charge in [-0.15, -0.1) is 0 Å². The molecule has 52 heavy (non-hydrogen) atoms. The van der Waals surface area contributed by atoms with Crippen LogP contribution in [0.2, 0.25) is 0 Å². The zero-order valence-electron chi connectivity index (χ0n) is 28.2. The van der Waals surface area contributed by atoms with Gasteiger partial charge in [-0.05, 0) is 108 Å². The van der Waals surface area contributed by atoms with E-state index in [0.29, 0.717) is 17.5 Å². The minimum absolute atomic E-state index is 0.245. The molecule has 4 heteroatoms. The number of hydrogen-bond donors (Lipinski definition) is 0. The molecule has 0 amide bonds. The molecule has 1 atom stereocenters. The van der Waals surface area contributed by atoms with Crippen LogP contribution in [0.1, 0.15) is 12.2 Å². The van der Waals surface area contributed by atoms with Gasteiger partial charge in [0.25, 0.3) is 0 Å². The van der Waals surface area contributed by atoms with Gasteiger partial charge in [-0.25, -0.2) is 15.0 Å². The van der Waals surface area contributed by atoms with Crippen molar-refractivity contribution in [1.82, 2.24) is 19.9 Å². The van der Waals surface area contributed by atoms with Crippen molar-refractivity contribution >= 4 is 37.9 Å². The van der Waals surface area contributed by atoms with Crippen molar-refractivity contribution in [3.8, 4) is 33.9 Å². The maximum Gasteiger partial charge on any atom is 0.165 e. The maximum atomic E-state index is 5.34. The third-order valence-electron chi connectivity index (χ3n) is 10.9. The Morgan fingerprint density at radius 2 is 1.29 bits per heavy atom. The summed E-state index contributed by atoms with van der Waals surface area (Å²) in [6.45, 7) is 0. The number of rotatable bonds is 4. The number of aromatic nitrogens is 4. The molecule has 0 bridgehead atoms. The van der Waals surface area contributed by atoms with E-state index in [0.717, 1.165) is 33.9 Å². The molecule has 0 spiro atoms. The van der Waals surface area contributed by atoms with Gasteiger partial charge in [-0.1, -0.05) is 121 Å². The molecule has 242 valence electrons. The Morgan fingerprint density at radius 3 is 2.08 bits per heavy atom.